The standard InChI is InChI=1S/C13H18ClN3O2/c14-10-1-2-11(16-7-10)8-17-5-3-9(4-6-17)12(18)13(15)19/h1-2,7,9,12,18H,3-6,8H2,(H2,15,19)/t12-/m0/s1. The zero-order chi connectivity index (χ0) is 13.8. The molecule has 6 heteroatoms. The number of nitrogens with two attached hydrogens (primary N) is 1. The topological polar surface area (TPSA) is 79.5 Å². The van der Waals surface area contributed by atoms with Crippen LogP contribution in [0, 0.1) is 5.92 Å². The molecule has 104 valence electrons. The Morgan fingerprint density at radius 2 is 2.21 bits per heavy atom. The first kappa shape index (κ1) is 14.2. The quantitative estimate of drug-likeness (QED) is 0.856. The number of piperidine rings is 1. The van der Waals surface area contributed by atoms with Crippen LogP contribution >= 0.6 is 11.6 Å². The number of primary amides is 1. The van der Waals surface area contributed by atoms with Gasteiger partial charge in [-0.05, 0) is 44.0 Å². The van der Waals surface area contributed by atoms with Crippen LogP contribution in [0.2, 0.25) is 5.02 Å². The molecule has 1 aliphatic rings. The van der Waals surface area contributed by atoms with Crippen LogP contribution in [0.5, 0.6) is 0 Å². The molecule has 1 aromatic heterocycles. The van der Waals surface area contributed by atoms with Crippen LogP contribution in [-0.4, -0.2) is 40.1 Å². The lowest BCUT2D eigenvalue weighted by molar-refractivity contribution is -0.129. The van der Waals surface area contributed by atoms with Gasteiger partial charge in [-0.3, -0.25) is 14.7 Å². The Labute approximate surface area is 117 Å². The fourth-order valence-electron chi connectivity index (χ4n) is 2.39. The molecule has 1 atom stereocenters. The maximum Gasteiger partial charge on any atom is 0.246 e. The Bertz CT molecular complexity index is 430. The highest BCUT2D eigenvalue weighted by Crippen LogP contribution is 2.21. The van der Waals surface area contributed by atoms with Gasteiger partial charge in [0.05, 0.1) is 10.7 Å². The first-order valence-corrected chi connectivity index (χ1v) is 6.74. The summed E-state index contributed by atoms with van der Waals surface area (Å²) in [6.07, 6.45) is 2.17. The lowest BCUT2D eigenvalue weighted by Crippen LogP contribution is -2.42. The van der Waals surface area contributed by atoms with E-state index in [-0.39, 0.29) is 5.92 Å². The maximum absolute atomic E-state index is 10.9. The lowest BCUT2D eigenvalue weighted by atomic mass is 9.91. The number of aliphatic hydroxyl groups excluding tert-OH is 1. The van der Waals surface area contributed by atoms with Gasteiger partial charge in [0.25, 0.3) is 0 Å². The maximum atomic E-state index is 10.9. The normalized spacial score (nSPS) is 19.3. The Balaban J connectivity index is 1.83. The van der Waals surface area contributed by atoms with E-state index in [1.54, 1.807) is 6.20 Å². The predicted molar refractivity (Wildman–Crippen MR) is 72.4 cm³/mol. The molecule has 5 nitrogen and oxygen atoms in total. The molecule has 0 spiro atoms. The molecular formula is C13H18ClN3O2. The van der Waals surface area contributed by atoms with Crippen molar-refractivity contribution in [3.63, 3.8) is 0 Å². The summed E-state index contributed by atoms with van der Waals surface area (Å²) in [6.45, 7) is 2.43. The molecule has 3 N–H and O–H groups in total. The number of carbonyl (C=O) groups is 1. The second-order valence-electron chi connectivity index (χ2n) is 4.93. The number of aromatic nitrogens is 1. The molecule has 0 bridgehead atoms. The van der Waals surface area contributed by atoms with Crippen molar-refractivity contribution in [2.24, 2.45) is 11.7 Å². The molecular weight excluding hydrogens is 266 g/mol. The number of carbonyl (C=O) groups excluding carboxylic acids is 1. The number of hydrogen-bond acceptors (Lipinski definition) is 4. The van der Waals surface area contributed by atoms with Crippen molar-refractivity contribution in [3.8, 4) is 0 Å². The van der Waals surface area contributed by atoms with E-state index in [0.29, 0.717) is 5.02 Å². The molecule has 2 heterocycles. The SMILES string of the molecule is NC(=O)[C@@H](O)C1CCN(Cc2ccc(Cl)cn2)CC1. The number of rotatable bonds is 4. The molecule has 0 unspecified atom stereocenters. The Kier molecular flexibility index (Phi) is 4.74. The second-order valence-corrected chi connectivity index (χ2v) is 5.36. The van der Waals surface area contributed by atoms with Crippen LogP contribution in [0.1, 0.15) is 18.5 Å². The minimum atomic E-state index is -1.02. The van der Waals surface area contributed by atoms with Gasteiger partial charge in [0.15, 0.2) is 0 Å². The van der Waals surface area contributed by atoms with Gasteiger partial charge in [-0.15, -0.1) is 0 Å². The van der Waals surface area contributed by atoms with Gasteiger partial charge in [0.2, 0.25) is 5.91 Å². The van der Waals surface area contributed by atoms with Crippen LogP contribution in [0.3, 0.4) is 0 Å². The highest BCUT2D eigenvalue weighted by atomic mass is 35.5. The van der Waals surface area contributed by atoms with Crippen molar-refractivity contribution in [1.82, 2.24) is 9.88 Å². The van der Waals surface area contributed by atoms with Gasteiger partial charge in [-0.25, -0.2) is 0 Å². The monoisotopic (exact) mass is 283 g/mol. The Morgan fingerprint density at radius 1 is 1.53 bits per heavy atom. The summed E-state index contributed by atoms with van der Waals surface area (Å²) in [5.74, 6) is -0.648. The Hall–Kier alpha value is -1.17. The first-order chi connectivity index (χ1) is 9.06. The van der Waals surface area contributed by atoms with Gasteiger partial charge in [0.1, 0.15) is 6.10 Å². The molecule has 1 aliphatic heterocycles. The van der Waals surface area contributed by atoms with Gasteiger partial charge in [0, 0.05) is 12.7 Å². The third-order valence-corrected chi connectivity index (χ3v) is 3.77. The van der Waals surface area contributed by atoms with Gasteiger partial charge >= 0.3 is 0 Å². The molecule has 1 aromatic rings. The van der Waals surface area contributed by atoms with Crippen LogP contribution in [0.15, 0.2) is 18.3 Å². The van der Waals surface area contributed by atoms with Gasteiger partial charge < -0.3 is 10.8 Å². The van der Waals surface area contributed by atoms with Crippen molar-refractivity contribution >= 4 is 17.5 Å². The number of nitrogens with zero attached hydrogens (tertiary/aromatic N) is 2. The molecule has 19 heavy (non-hydrogen) atoms. The summed E-state index contributed by atoms with van der Waals surface area (Å²) < 4.78 is 0. The van der Waals surface area contributed by atoms with E-state index in [4.69, 9.17) is 17.3 Å². The zero-order valence-electron chi connectivity index (χ0n) is 10.6. The molecule has 1 amide bonds. The molecule has 0 aliphatic carbocycles. The van der Waals surface area contributed by atoms with Crippen LogP contribution in [0.4, 0.5) is 0 Å². The Morgan fingerprint density at radius 3 is 2.74 bits per heavy atom. The highest BCUT2D eigenvalue weighted by molar-refractivity contribution is 6.30. The number of likely N-dealkylation sites (tertiary alicyclic amines) is 1. The molecule has 1 fully saturated rings. The third-order valence-electron chi connectivity index (χ3n) is 3.54. The molecule has 0 aromatic carbocycles. The number of aliphatic hydroxyl groups is 1. The number of halogens is 1. The summed E-state index contributed by atoms with van der Waals surface area (Å²) in [6, 6.07) is 3.74. The number of hydrogen-bond donors (Lipinski definition) is 2. The fraction of sp³-hybridized carbons (Fsp3) is 0.538. The summed E-state index contributed by atoms with van der Waals surface area (Å²) in [5.41, 5.74) is 6.08. The summed E-state index contributed by atoms with van der Waals surface area (Å²) in [4.78, 5) is 17.4. The van der Waals surface area contributed by atoms with E-state index in [2.05, 4.69) is 9.88 Å². The van der Waals surface area contributed by atoms with Crippen molar-refractivity contribution in [2.45, 2.75) is 25.5 Å². The van der Waals surface area contributed by atoms with Crippen molar-refractivity contribution in [2.75, 3.05) is 13.1 Å². The van der Waals surface area contributed by atoms with Gasteiger partial charge in [-0.2, -0.15) is 0 Å². The average molecular weight is 284 g/mol. The van der Waals surface area contributed by atoms with E-state index < -0.39 is 12.0 Å². The van der Waals surface area contributed by atoms with Crippen LogP contribution in [-0.2, 0) is 11.3 Å². The van der Waals surface area contributed by atoms with Crippen molar-refractivity contribution in [1.29, 1.82) is 0 Å². The minimum absolute atomic E-state index is 0.0214. The molecule has 0 radical (unpaired) electrons. The predicted octanol–water partition coefficient (Wildman–Crippen LogP) is 0.793. The fourth-order valence-corrected chi connectivity index (χ4v) is 2.50. The summed E-state index contributed by atoms with van der Waals surface area (Å²) in [5, 5.41) is 10.3. The largest absolute Gasteiger partial charge is 0.383 e. The van der Waals surface area contributed by atoms with E-state index in [0.717, 1.165) is 38.2 Å². The number of pyridine rings is 1. The van der Waals surface area contributed by atoms with Crippen molar-refractivity contribution in [3.05, 3.63) is 29.0 Å². The van der Waals surface area contributed by atoms with E-state index in [9.17, 15) is 9.90 Å². The van der Waals surface area contributed by atoms with E-state index >= 15 is 0 Å². The van der Waals surface area contributed by atoms with Gasteiger partial charge in [-0.1, -0.05) is 11.6 Å². The van der Waals surface area contributed by atoms with E-state index in [1.165, 1.54) is 0 Å². The van der Waals surface area contributed by atoms with E-state index in [1.807, 2.05) is 12.1 Å². The summed E-state index contributed by atoms with van der Waals surface area (Å²) in [7, 11) is 0. The third kappa shape index (κ3) is 3.89. The number of amides is 1. The molecule has 1 saturated heterocycles. The summed E-state index contributed by atoms with van der Waals surface area (Å²) >= 11 is 5.79. The smallest absolute Gasteiger partial charge is 0.246 e. The van der Waals surface area contributed by atoms with Crippen molar-refractivity contribution < 1.29 is 9.90 Å². The van der Waals surface area contributed by atoms with Crippen LogP contribution < -0.4 is 5.73 Å². The molecule has 2 rings (SSSR count). The zero-order valence-corrected chi connectivity index (χ0v) is 11.4. The first-order valence-electron chi connectivity index (χ1n) is 6.36. The average Bonchev–Trinajstić information content (AvgIpc) is 2.41. The second kappa shape index (κ2) is 6.32. The minimum Gasteiger partial charge on any atom is -0.383 e. The highest BCUT2D eigenvalue weighted by Gasteiger charge is 2.28. The molecule has 0 saturated carbocycles. The lowest BCUT2D eigenvalue weighted by Gasteiger charge is -2.33. The van der Waals surface area contributed by atoms with Crippen LogP contribution in [0.25, 0.3) is 0 Å².